The van der Waals surface area contributed by atoms with Crippen molar-refractivity contribution in [2.75, 3.05) is 6.61 Å². The standard InChI is InChI=1S/C9H16N2O/c1-2-9(6-12-9)11-8-4-3-7(10)5-8/h2,7-8,11H,1,3-6,10H2/t7?,8-,9?/m0/s1. The summed E-state index contributed by atoms with van der Waals surface area (Å²) >= 11 is 0. The third kappa shape index (κ3) is 1.53. The molecule has 0 spiro atoms. The minimum absolute atomic E-state index is 0.200. The molecule has 0 bridgehead atoms. The van der Waals surface area contributed by atoms with Crippen molar-refractivity contribution in [2.45, 2.75) is 37.1 Å². The Kier molecular flexibility index (Phi) is 1.94. The molecule has 0 aromatic carbocycles. The molecule has 1 saturated heterocycles. The van der Waals surface area contributed by atoms with Crippen LogP contribution in [0.15, 0.2) is 12.7 Å². The molecule has 0 aromatic rings. The van der Waals surface area contributed by atoms with Crippen molar-refractivity contribution < 1.29 is 4.74 Å². The van der Waals surface area contributed by atoms with E-state index in [1.807, 2.05) is 6.08 Å². The molecule has 68 valence electrons. The van der Waals surface area contributed by atoms with Crippen LogP contribution >= 0.6 is 0 Å². The molecule has 0 amide bonds. The Bertz CT molecular complexity index is 189. The first kappa shape index (κ1) is 8.23. The maximum absolute atomic E-state index is 5.80. The van der Waals surface area contributed by atoms with Crippen LogP contribution in [-0.2, 0) is 4.74 Å². The van der Waals surface area contributed by atoms with Crippen LogP contribution < -0.4 is 11.1 Å². The number of nitrogens with one attached hydrogen (secondary N) is 1. The lowest BCUT2D eigenvalue weighted by Gasteiger charge is -2.15. The predicted octanol–water partition coefficient (Wildman–Crippen LogP) is 0.368. The van der Waals surface area contributed by atoms with Crippen LogP contribution in [0.4, 0.5) is 0 Å². The Balaban J connectivity index is 1.83. The van der Waals surface area contributed by atoms with E-state index in [2.05, 4.69) is 11.9 Å². The average Bonchev–Trinajstić information content (AvgIpc) is 2.71. The molecule has 3 nitrogen and oxygen atoms in total. The summed E-state index contributed by atoms with van der Waals surface area (Å²) in [6, 6.07) is 0.906. The number of hydrogen-bond donors (Lipinski definition) is 2. The summed E-state index contributed by atoms with van der Waals surface area (Å²) in [6.07, 6.45) is 5.21. The van der Waals surface area contributed by atoms with Gasteiger partial charge in [-0.05, 0) is 25.3 Å². The molecular formula is C9H16N2O. The van der Waals surface area contributed by atoms with E-state index in [0.717, 1.165) is 19.4 Å². The Morgan fingerprint density at radius 2 is 2.33 bits per heavy atom. The second-order valence-electron chi connectivity index (χ2n) is 3.80. The van der Waals surface area contributed by atoms with Crippen LogP contribution in [0.1, 0.15) is 19.3 Å². The Morgan fingerprint density at radius 3 is 2.75 bits per heavy atom. The smallest absolute Gasteiger partial charge is 0.162 e. The molecule has 0 aromatic heterocycles. The van der Waals surface area contributed by atoms with E-state index in [0.29, 0.717) is 12.1 Å². The molecule has 12 heavy (non-hydrogen) atoms. The van der Waals surface area contributed by atoms with Gasteiger partial charge < -0.3 is 10.5 Å². The van der Waals surface area contributed by atoms with Gasteiger partial charge in [0.05, 0.1) is 6.61 Å². The molecule has 2 fully saturated rings. The first-order valence-electron chi connectivity index (χ1n) is 4.55. The maximum atomic E-state index is 5.80. The second-order valence-corrected chi connectivity index (χ2v) is 3.80. The summed E-state index contributed by atoms with van der Waals surface area (Å²) in [5.41, 5.74) is 5.60. The number of nitrogens with two attached hydrogens (primary N) is 1. The largest absolute Gasteiger partial charge is 0.350 e. The summed E-state index contributed by atoms with van der Waals surface area (Å²) in [7, 11) is 0. The number of rotatable bonds is 3. The monoisotopic (exact) mass is 168 g/mol. The molecule has 3 N–H and O–H groups in total. The summed E-state index contributed by atoms with van der Waals surface area (Å²) in [6.45, 7) is 4.50. The second kappa shape index (κ2) is 2.83. The van der Waals surface area contributed by atoms with Crippen molar-refractivity contribution >= 4 is 0 Å². The van der Waals surface area contributed by atoms with E-state index in [4.69, 9.17) is 10.5 Å². The molecule has 1 heterocycles. The first-order chi connectivity index (χ1) is 5.74. The lowest BCUT2D eigenvalue weighted by atomic mass is 10.2. The molecule has 1 aliphatic carbocycles. The number of ether oxygens (including phenoxy) is 1. The zero-order valence-corrected chi connectivity index (χ0v) is 7.25. The van der Waals surface area contributed by atoms with Crippen LogP contribution in [0.2, 0.25) is 0 Å². The van der Waals surface area contributed by atoms with Crippen molar-refractivity contribution in [1.29, 1.82) is 0 Å². The predicted molar refractivity (Wildman–Crippen MR) is 47.6 cm³/mol. The fourth-order valence-corrected chi connectivity index (χ4v) is 1.83. The van der Waals surface area contributed by atoms with Gasteiger partial charge in [0.15, 0.2) is 5.72 Å². The maximum Gasteiger partial charge on any atom is 0.162 e. The van der Waals surface area contributed by atoms with Gasteiger partial charge >= 0.3 is 0 Å². The SMILES string of the molecule is C=CC1(N[C@H]2CCC(N)C2)CO1. The topological polar surface area (TPSA) is 50.6 Å². The van der Waals surface area contributed by atoms with Gasteiger partial charge in [-0.2, -0.15) is 0 Å². The highest BCUT2D eigenvalue weighted by molar-refractivity contribution is 5.06. The van der Waals surface area contributed by atoms with Crippen molar-refractivity contribution in [2.24, 2.45) is 5.73 Å². The molecule has 2 rings (SSSR count). The first-order valence-corrected chi connectivity index (χ1v) is 4.55. The fraction of sp³-hybridized carbons (Fsp3) is 0.778. The van der Waals surface area contributed by atoms with E-state index in [-0.39, 0.29) is 5.72 Å². The van der Waals surface area contributed by atoms with E-state index >= 15 is 0 Å². The lowest BCUT2D eigenvalue weighted by molar-refractivity contribution is 0.278. The van der Waals surface area contributed by atoms with Crippen LogP contribution in [-0.4, -0.2) is 24.4 Å². The van der Waals surface area contributed by atoms with Gasteiger partial charge in [0.25, 0.3) is 0 Å². The molecule has 3 atom stereocenters. The van der Waals surface area contributed by atoms with Gasteiger partial charge in [-0.15, -0.1) is 0 Å². The summed E-state index contributed by atoms with van der Waals surface area (Å²) in [5, 5.41) is 3.43. The Hall–Kier alpha value is -0.380. The van der Waals surface area contributed by atoms with Crippen LogP contribution in [0.25, 0.3) is 0 Å². The van der Waals surface area contributed by atoms with Gasteiger partial charge in [-0.25, -0.2) is 0 Å². The third-order valence-electron chi connectivity index (χ3n) is 2.71. The fourth-order valence-electron chi connectivity index (χ4n) is 1.83. The Labute approximate surface area is 73.0 Å². The molecular weight excluding hydrogens is 152 g/mol. The Morgan fingerprint density at radius 1 is 1.58 bits per heavy atom. The lowest BCUT2D eigenvalue weighted by Crippen LogP contribution is -2.39. The molecule has 2 unspecified atom stereocenters. The molecule has 0 radical (unpaired) electrons. The summed E-state index contributed by atoms with van der Waals surface area (Å²) < 4.78 is 5.27. The van der Waals surface area contributed by atoms with Crippen molar-refractivity contribution in [3.63, 3.8) is 0 Å². The van der Waals surface area contributed by atoms with Crippen LogP contribution in [0, 0.1) is 0 Å². The highest BCUT2D eigenvalue weighted by Crippen LogP contribution is 2.28. The van der Waals surface area contributed by atoms with E-state index in [1.54, 1.807) is 0 Å². The molecule has 2 aliphatic rings. The normalized spacial score (nSPS) is 46.1. The zero-order valence-electron chi connectivity index (χ0n) is 7.25. The van der Waals surface area contributed by atoms with Gasteiger partial charge in [0.1, 0.15) is 0 Å². The number of hydrogen-bond acceptors (Lipinski definition) is 3. The minimum Gasteiger partial charge on any atom is -0.350 e. The van der Waals surface area contributed by atoms with Crippen molar-refractivity contribution in [1.82, 2.24) is 5.32 Å². The molecule has 1 aliphatic heterocycles. The van der Waals surface area contributed by atoms with Crippen molar-refractivity contribution in [3.05, 3.63) is 12.7 Å². The summed E-state index contributed by atoms with van der Waals surface area (Å²) in [5.74, 6) is 0. The quantitative estimate of drug-likeness (QED) is 0.473. The average molecular weight is 168 g/mol. The molecule has 1 saturated carbocycles. The van der Waals surface area contributed by atoms with Crippen LogP contribution in [0.5, 0.6) is 0 Å². The van der Waals surface area contributed by atoms with Gasteiger partial charge in [-0.1, -0.05) is 6.58 Å². The van der Waals surface area contributed by atoms with E-state index in [1.165, 1.54) is 6.42 Å². The highest BCUT2D eigenvalue weighted by Gasteiger charge is 2.43. The zero-order chi connectivity index (χ0) is 8.60. The third-order valence-corrected chi connectivity index (χ3v) is 2.71. The van der Waals surface area contributed by atoms with E-state index in [9.17, 15) is 0 Å². The van der Waals surface area contributed by atoms with Gasteiger partial charge in [0.2, 0.25) is 0 Å². The summed E-state index contributed by atoms with van der Waals surface area (Å²) in [4.78, 5) is 0. The van der Waals surface area contributed by atoms with Crippen LogP contribution in [0.3, 0.4) is 0 Å². The number of epoxide rings is 1. The highest BCUT2D eigenvalue weighted by atomic mass is 16.6. The van der Waals surface area contributed by atoms with E-state index < -0.39 is 0 Å². The van der Waals surface area contributed by atoms with Crippen molar-refractivity contribution in [3.8, 4) is 0 Å². The molecule has 3 heteroatoms. The van der Waals surface area contributed by atoms with Gasteiger partial charge in [-0.3, -0.25) is 5.32 Å². The minimum atomic E-state index is -0.200. The van der Waals surface area contributed by atoms with Gasteiger partial charge in [0, 0.05) is 12.1 Å².